The van der Waals surface area contributed by atoms with Gasteiger partial charge in [0.25, 0.3) is 0 Å². The molecule has 17 heavy (non-hydrogen) atoms. The summed E-state index contributed by atoms with van der Waals surface area (Å²) in [6.07, 6.45) is 1.53. The molecule has 1 aromatic carbocycles. The number of anilines is 1. The van der Waals surface area contributed by atoms with Crippen LogP contribution < -0.4 is 10.6 Å². The van der Waals surface area contributed by atoms with Crippen LogP contribution in [0.1, 0.15) is 23.6 Å². The molecule has 3 rings (SSSR count). The summed E-state index contributed by atoms with van der Waals surface area (Å²) in [5, 5.41) is 6.36. The third kappa shape index (κ3) is 2.06. The van der Waals surface area contributed by atoms with Gasteiger partial charge in [0.2, 0.25) is 5.91 Å². The minimum Gasteiger partial charge on any atom is -0.379 e. The number of rotatable bonds is 1. The first kappa shape index (κ1) is 10.7. The van der Waals surface area contributed by atoms with E-state index >= 15 is 0 Å². The number of hydrogen-bond donors (Lipinski definition) is 2. The van der Waals surface area contributed by atoms with Crippen molar-refractivity contribution in [3.63, 3.8) is 0 Å². The van der Waals surface area contributed by atoms with Crippen molar-refractivity contribution in [1.82, 2.24) is 5.32 Å². The van der Waals surface area contributed by atoms with Gasteiger partial charge in [0.15, 0.2) is 0 Å². The van der Waals surface area contributed by atoms with E-state index in [1.807, 2.05) is 12.1 Å². The monoisotopic (exact) mass is 232 g/mol. The SMILES string of the molecule is O=C1Cc2c(cccc2[C@@H]2COCCCN2)N1. The molecule has 1 saturated heterocycles. The van der Waals surface area contributed by atoms with Crippen LogP contribution in [-0.4, -0.2) is 25.7 Å². The Kier molecular flexibility index (Phi) is 2.82. The van der Waals surface area contributed by atoms with Gasteiger partial charge in [-0.15, -0.1) is 0 Å². The lowest BCUT2D eigenvalue weighted by Gasteiger charge is -2.18. The van der Waals surface area contributed by atoms with Gasteiger partial charge in [-0.25, -0.2) is 0 Å². The largest absolute Gasteiger partial charge is 0.379 e. The Morgan fingerprint density at radius 3 is 3.24 bits per heavy atom. The van der Waals surface area contributed by atoms with E-state index in [-0.39, 0.29) is 11.9 Å². The molecule has 4 nitrogen and oxygen atoms in total. The molecule has 0 spiro atoms. The summed E-state index contributed by atoms with van der Waals surface area (Å²) in [6.45, 7) is 2.47. The normalized spacial score (nSPS) is 24.0. The molecule has 0 bridgehead atoms. The summed E-state index contributed by atoms with van der Waals surface area (Å²) in [5.74, 6) is 0.0852. The number of benzene rings is 1. The highest BCUT2D eigenvalue weighted by atomic mass is 16.5. The van der Waals surface area contributed by atoms with Crippen molar-refractivity contribution in [2.24, 2.45) is 0 Å². The van der Waals surface area contributed by atoms with Gasteiger partial charge in [-0.3, -0.25) is 4.79 Å². The number of fused-ring (bicyclic) bond motifs is 1. The van der Waals surface area contributed by atoms with Gasteiger partial charge < -0.3 is 15.4 Å². The fraction of sp³-hybridized carbons (Fsp3) is 0.462. The average Bonchev–Trinajstić information content (AvgIpc) is 2.55. The summed E-state index contributed by atoms with van der Waals surface area (Å²) in [6, 6.07) is 6.25. The van der Waals surface area contributed by atoms with Crippen LogP contribution in [0.2, 0.25) is 0 Å². The molecule has 1 amide bonds. The molecule has 2 aliphatic rings. The second-order valence-corrected chi connectivity index (χ2v) is 4.53. The first-order valence-corrected chi connectivity index (χ1v) is 6.07. The van der Waals surface area contributed by atoms with Gasteiger partial charge in [0, 0.05) is 12.3 Å². The third-order valence-electron chi connectivity index (χ3n) is 3.34. The van der Waals surface area contributed by atoms with Crippen molar-refractivity contribution in [2.75, 3.05) is 25.1 Å². The predicted octanol–water partition coefficient (Wildman–Crippen LogP) is 1.23. The number of amides is 1. The Morgan fingerprint density at radius 2 is 2.29 bits per heavy atom. The predicted molar refractivity (Wildman–Crippen MR) is 65.0 cm³/mol. The molecule has 0 radical (unpaired) electrons. The molecule has 2 N–H and O–H groups in total. The highest BCUT2D eigenvalue weighted by Crippen LogP contribution is 2.30. The van der Waals surface area contributed by atoms with Gasteiger partial charge in [-0.05, 0) is 30.2 Å². The number of nitrogens with one attached hydrogen (secondary N) is 2. The van der Waals surface area contributed by atoms with Crippen LogP contribution in [0.25, 0.3) is 0 Å². The quantitative estimate of drug-likeness (QED) is 0.765. The first-order chi connectivity index (χ1) is 8.34. The lowest BCUT2D eigenvalue weighted by Crippen LogP contribution is -2.24. The zero-order valence-electron chi connectivity index (χ0n) is 9.66. The number of carbonyl (C=O) groups is 1. The molecule has 2 heterocycles. The van der Waals surface area contributed by atoms with Crippen molar-refractivity contribution < 1.29 is 9.53 Å². The second-order valence-electron chi connectivity index (χ2n) is 4.53. The van der Waals surface area contributed by atoms with Gasteiger partial charge in [-0.1, -0.05) is 12.1 Å². The topological polar surface area (TPSA) is 50.4 Å². The smallest absolute Gasteiger partial charge is 0.228 e. The molecule has 1 fully saturated rings. The van der Waals surface area contributed by atoms with Crippen LogP contribution in [0.5, 0.6) is 0 Å². The Morgan fingerprint density at radius 1 is 1.35 bits per heavy atom. The van der Waals surface area contributed by atoms with E-state index in [1.165, 1.54) is 5.56 Å². The standard InChI is InChI=1S/C13H16N2O2/c16-13-7-10-9(3-1-4-11(10)15-13)12-8-17-6-2-5-14-12/h1,3-4,12,14H,2,5-8H2,(H,15,16)/t12-/m0/s1. The van der Waals surface area contributed by atoms with E-state index in [4.69, 9.17) is 4.74 Å². The molecule has 1 aromatic rings. The summed E-state index contributed by atoms with van der Waals surface area (Å²) < 4.78 is 5.58. The first-order valence-electron chi connectivity index (χ1n) is 6.07. The van der Waals surface area contributed by atoms with Crippen LogP contribution in [0.15, 0.2) is 18.2 Å². The zero-order chi connectivity index (χ0) is 11.7. The van der Waals surface area contributed by atoms with E-state index in [9.17, 15) is 4.79 Å². The fourth-order valence-electron chi connectivity index (χ4n) is 2.51. The lowest BCUT2D eigenvalue weighted by atomic mass is 9.98. The minimum absolute atomic E-state index is 0.0852. The summed E-state index contributed by atoms with van der Waals surface area (Å²) in [7, 11) is 0. The Labute approximate surface area is 100 Å². The molecule has 90 valence electrons. The van der Waals surface area contributed by atoms with Gasteiger partial charge in [0.1, 0.15) is 0 Å². The molecular formula is C13H16N2O2. The summed E-state index contributed by atoms with van der Waals surface area (Å²) in [5.41, 5.74) is 3.28. The highest BCUT2D eigenvalue weighted by Gasteiger charge is 2.24. The van der Waals surface area contributed by atoms with E-state index in [0.717, 1.165) is 30.8 Å². The molecule has 1 atom stereocenters. The van der Waals surface area contributed by atoms with Crippen LogP contribution in [0, 0.1) is 0 Å². The van der Waals surface area contributed by atoms with E-state index < -0.39 is 0 Å². The number of hydrogen-bond acceptors (Lipinski definition) is 3. The van der Waals surface area contributed by atoms with E-state index in [0.29, 0.717) is 13.0 Å². The van der Waals surface area contributed by atoms with Crippen molar-refractivity contribution in [2.45, 2.75) is 18.9 Å². The van der Waals surface area contributed by atoms with Crippen molar-refractivity contribution in [3.05, 3.63) is 29.3 Å². The number of ether oxygens (including phenoxy) is 1. The molecular weight excluding hydrogens is 216 g/mol. The van der Waals surface area contributed by atoms with Gasteiger partial charge >= 0.3 is 0 Å². The molecule has 4 heteroatoms. The number of carbonyl (C=O) groups excluding carboxylic acids is 1. The summed E-state index contributed by atoms with van der Waals surface area (Å²) >= 11 is 0. The molecule has 2 aliphatic heterocycles. The Hall–Kier alpha value is -1.39. The molecule has 0 unspecified atom stereocenters. The van der Waals surface area contributed by atoms with Crippen LogP contribution in [-0.2, 0) is 16.0 Å². The Bertz CT molecular complexity index is 437. The van der Waals surface area contributed by atoms with Crippen molar-refractivity contribution >= 4 is 11.6 Å². The maximum absolute atomic E-state index is 11.4. The Balaban J connectivity index is 1.92. The van der Waals surface area contributed by atoms with Crippen LogP contribution >= 0.6 is 0 Å². The second kappa shape index (κ2) is 4.47. The van der Waals surface area contributed by atoms with E-state index in [2.05, 4.69) is 16.7 Å². The van der Waals surface area contributed by atoms with Gasteiger partial charge in [0.05, 0.1) is 19.1 Å². The summed E-state index contributed by atoms with van der Waals surface area (Å²) in [4.78, 5) is 11.4. The van der Waals surface area contributed by atoms with Crippen LogP contribution in [0.4, 0.5) is 5.69 Å². The minimum atomic E-state index is 0.0852. The lowest BCUT2D eigenvalue weighted by molar-refractivity contribution is -0.115. The van der Waals surface area contributed by atoms with E-state index in [1.54, 1.807) is 0 Å². The van der Waals surface area contributed by atoms with Crippen molar-refractivity contribution in [3.8, 4) is 0 Å². The van der Waals surface area contributed by atoms with Crippen molar-refractivity contribution in [1.29, 1.82) is 0 Å². The average molecular weight is 232 g/mol. The zero-order valence-corrected chi connectivity index (χ0v) is 9.66. The molecule has 0 saturated carbocycles. The molecule has 0 aliphatic carbocycles. The fourth-order valence-corrected chi connectivity index (χ4v) is 2.51. The van der Waals surface area contributed by atoms with Crippen LogP contribution in [0.3, 0.4) is 0 Å². The third-order valence-corrected chi connectivity index (χ3v) is 3.34. The highest BCUT2D eigenvalue weighted by molar-refractivity contribution is 5.99. The molecule has 0 aromatic heterocycles. The maximum Gasteiger partial charge on any atom is 0.228 e. The van der Waals surface area contributed by atoms with Gasteiger partial charge in [-0.2, -0.15) is 0 Å². The maximum atomic E-state index is 11.4.